The summed E-state index contributed by atoms with van der Waals surface area (Å²) in [6.45, 7) is 3.97. The van der Waals surface area contributed by atoms with Crippen molar-refractivity contribution in [2.45, 2.75) is 36.1 Å². The van der Waals surface area contributed by atoms with Crippen molar-refractivity contribution in [2.75, 3.05) is 12.8 Å². The van der Waals surface area contributed by atoms with Gasteiger partial charge in [0.15, 0.2) is 9.84 Å². The topological polar surface area (TPSA) is 106 Å². The molecule has 0 radical (unpaired) electrons. The molecule has 0 aliphatic carbocycles. The number of nitrogens with one attached hydrogen (secondary N) is 1. The SMILES string of the molecule is CC(C)CC(CN)NS(=O)(=O)c1ccc(S(C)(=O)=O)c(F)c1.Cl. The van der Waals surface area contributed by atoms with Crippen molar-refractivity contribution in [3.8, 4) is 0 Å². The number of nitrogens with two attached hydrogens (primary N) is 1. The molecule has 0 fully saturated rings. The maximum Gasteiger partial charge on any atom is 0.240 e. The minimum absolute atomic E-state index is 0. The highest BCUT2D eigenvalue weighted by atomic mass is 35.5. The Labute approximate surface area is 143 Å². The summed E-state index contributed by atoms with van der Waals surface area (Å²) in [5.41, 5.74) is 5.54. The van der Waals surface area contributed by atoms with Crippen LogP contribution in [0, 0.1) is 11.7 Å². The Balaban J connectivity index is 0.00000484. The number of sulfone groups is 1. The number of halogens is 2. The Morgan fingerprint density at radius 2 is 1.78 bits per heavy atom. The van der Waals surface area contributed by atoms with Crippen LogP contribution in [0.3, 0.4) is 0 Å². The summed E-state index contributed by atoms with van der Waals surface area (Å²) in [5, 5.41) is 0. The van der Waals surface area contributed by atoms with E-state index in [0.29, 0.717) is 12.5 Å². The average molecular weight is 389 g/mol. The summed E-state index contributed by atoms with van der Waals surface area (Å²) in [4.78, 5) is -0.872. The first-order valence-electron chi connectivity index (χ1n) is 6.69. The lowest BCUT2D eigenvalue weighted by molar-refractivity contribution is 0.464. The van der Waals surface area contributed by atoms with Gasteiger partial charge in [-0.2, -0.15) is 0 Å². The predicted molar refractivity (Wildman–Crippen MR) is 89.4 cm³/mol. The van der Waals surface area contributed by atoms with Crippen molar-refractivity contribution in [1.82, 2.24) is 4.72 Å². The lowest BCUT2D eigenvalue weighted by Gasteiger charge is -2.19. The molecule has 3 N–H and O–H groups in total. The van der Waals surface area contributed by atoms with E-state index in [0.717, 1.165) is 18.4 Å². The standard InChI is InChI=1S/C13H21FN2O4S2.ClH/c1-9(2)6-10(8-15)16-22(19,20)11-4-5-13(12(14)7-11)21(3,17)18;/h4-5,7,9-10,16H,6,8,15H2,1-3H3;1H. The Hall–Kier alpha value is -0.740. The van der Waals surface area contributed by atoms with Gasteiger partial charge in [0, 0.05) is 18.8 Å². The lowest BCUT2D eigenvalue weighted by atomic mass is 10.1. The summed E-state index contributed by atoms with van der Waals surface area (Å²) in [7, 11) is -7.72. The van der Waals surface area contributed by atoms with Crippen LogP contribution in [0.2, 0.25) is 0 Å². The zero-order chi connectivity index (χ0) is 17.1. The molecule has 0 aliphatic heterocycles. The highest BCUT2D eigenvalue weighted by molar-refractivity contribution is 7.90. The van der Waals surface area contributed by atoms with E-state index in [2.05, 4.69) is 4.72 Å². The molecule has 0 aromatic heterocycles. The predicted octanol–water partition coefficient (Wildman–Crippen LogP) is 1.30. The highest BCUT2D eigenvalue weighted by Gasteiger charge is 2.23. The van der Waals surface area contributed by atoms with Gasteiger partial charge in [-0.05, 0) is 30.5 Å². The number of benzene rings is 1. The fourth-order valence-corrected chi connectivity index (χ4v) is 4.00. The van der Waals surface area contributed by atoms with Gasteiger partial charge in [0.1, 0.15) is 10.7 Å². The molecule has 0 aliphatic rings. The van der Waals surface area contributed by atoms with E-state index in [1.54, 1.807) is 0 Å². The first-order chi connectivity index (χ1) is 9.97. The van der Waals surface area contributed by atoms with Gasteiger partial charge in [-0.25, -0.2) is 25.9 Å². The third-order valence-electron chi connectivity index (χ3n) is 2.98. The molecule has 1 aromatic rings. The maximum absolute atomic E-state index is 13.8. The molecular formula is C13H22ClFN2O4S2. The van der Waals surface area contributed by atoms with Gasteiger partial charge in [-0.1, -0.05) is 13.8 Å². The van der Waals surface area contributed by atoms with E-state index < -0.39 is 36.6 Å². The highest BCUT2D eigenvalue weighted by Crippen LogP contribution is 2.19. The van der Waals surface area contributed by atoms with Crippen LogP contribution >= 0.6 is 12.4 Å². The minimum Gasteiger partial charge on any atom is -0.329 e. The molecule has 134 valence electrons. The van der Waals surface area contributed by atoms with Crippen LogP contribution in [-0.4, -0.2) is 35.7 Å². The third-order valence-corrected chi connectivity index (χ3v) is 5.62. The zero-order valence-corrected chi connectivity index (χ0v) is 15.6. The van der Waals surface area contributed by atoms with Crippen LogP contribution in [-0.2, 0) is 19.9 Å². The molecule has 0 heterocycles. The molecule has 1 aromatic carbocycles. The molecule has 0 amide bonds. The van der Waals surface area contributed by atoms with E-state index >= 15 is 0 Å². The summed E-state index contributed by atoms with van der Waals surface area (Å²) in [6, 6.07) is 2.23. The molecule has 6 nitrogen and oxygen atoms in total. The first-order valence-corrected chi connectivity index (χ1v) is 10.1. The lowest BCUT2D eigenvalue weighted by Crippen LogP contribution is -2.41. The van der Waals surface area contributed by atoms with Crippen molar-refractivity contribution < 1.29 is 21.2 Å². The second-order valence-electron chi connectivity index (χ2n) is 5.55. The second kappa shape index (κ2) is 8.39. The average Bonchev–Trinajstić information content (AvgIpc) is 2.35. The third kappa shape index (κ3) is 6.34. The number of hydrogen-bond acceptors (Lipinski definition) is 5. The molecule has 1 unspecified atom stereocenters. The molecule has 1 rings (SSSR count). The van der Waals surface area contributed by atoms with E-state index in [4.69, 9.17) is 5.73 Å². The van der Waals surface area contributed by atoms with Crippen LogP contribution < -0.4 is 10.5 Å². The fourth-order valence-electron chi connectivity index (χ4n) is 2.00. The summed E-state index contributed by atoms with van der Waals surface area (Å²) < 4.78 is 63.3. The monoisotopic (exact) mass is 388 g/mol. The van der Waals surface area contributed by atoms with Crippen molar-refractivity contribution in [1.29, 1.82) is 0 Å². The molecular weight excluding hydrogens is 367 g/mol. The molecule has 0 saturated heterocycles. The van der Waals surface area contributed by atoms with Gasteiger partial charge in [0.2, 0.25) is 10.0 Å². The summed E-state index contributed by atoms with van der Waals surface area (Å²) in [5.74, 6) is -0.862. The number of hydrogen-bond donors (Lipinski definition) is 2. The Morgan fingerprint density at radius 3 is 2.17 bits per heavy atom. The van der Waals surface area contributed by atoms with Crippen molar-refractivity contribution in [3.63, 3.8) is 0 Å². The van der Waals surface area contributed by atoms with Gasteiger partial charge >= 0.3 is 0 Å². The maximum atomic E-state index is 13.8. The molecule has 23 heavy (non-hydrogen) atoms. The second-order valence-corrected chi connectivity index (χ2v) is 9.25. The van der Waals surface area contributed by atoms with Crippen molar-refractivity contribution >= 4 is 32.3 Å². The smallest absolute Gasteiger partial charge is 0.240 e. The normalized spacial score (nSPS) is 13.7. The summed E-state index contributed by atoms with van der Waals surface area (Å²) >= 11 is 0. The molecule has 0 spiro atoms. The van der Waals surface area contributed by atoms with Gasteiger partial charge in [-0.3, -0.25) is 0 Å². The van der Waals surface area contributed by atoms with Crippen molar-refractivity contribution in [2.24, 2.45) is 11.7 Å². The number of rotatable bonds is 7. The Morgan fingerprint density at radius 1 is 1.22 bits per heavy atom. The minimum atomic E-state index is -3.97. The Kier molecular flexibility index (Phi) is 8.12. The van der Waals surface area contributed by atoms with Gasteiger partial charge in [0.05, 0.1) is 4.90 Å². The van der Waals surface area contributed by atoms with E-state index in [-0.39, 0.29) is 29.8 Å². The molecule has 10 heteroatoms. The van der Waals surface area contributed by atoms with Gasteiger partial charge in [0.25, 0.3) is 0 Å². The van der Waals surface area contributed by atoms with Crippen LogP contribution in [0.4, 0.5) is 4.39 Å². The summed E-state index contributed by atoms with van der Waals surface area (Å²) in [6.07, 6.45) is 1.39. The van der Waals surface area contributed by atoms with Crippen molar-refractivity contribution in [3.05, 3.63) is 24.0 Å². The van der Waals surface area contributed by atoms with Crippen LogP contribution in [0.1, 0.15) is 20.3 Å². The zero-order valence-electron chi connectivity index (χ0n) is 13.1. The number of sulfonamides is 1. The van der Waals surface area contributed by atoms with E-state index in [9.17, 15) is 21.2 Å². The largest absolute Gasteiger partial charge is 0.329 e. The fraction of sp³-hybridized carbons (Fsp3) is 0.538. The quantitative estimate of drug-likeness (QED) is 0.732. The van der Waals surface area contributed by atoms with E-state index in [1.165, 1.54) is 0 Å². The molecule has 1 atom stereocenters. The van der Waals surface area contributed by atoms with E-state index in [1.807, 2.05) is 13.8 Å². The van der Waals surface area contributed by atoms with Crippen LogP contribution in [0.25, 0.3) is 0 Å². The van der Waals surface area contributed by atoms with Crippen LogP contribution in [0.5, 0.6) is 0 Å². The molecule has 0 bridgehead atoms. The molecule has 0 saturated carbocycles. The first kappa shape index (κ1) is 22.3. The van der Waals surface area contributed by atoms with Crippen LogP contribution in [0.15, 0.2) is 28.0 Å². The Bertz CT molecular complexity index is 736. The van der Waals surface area contributed by atoms with Gasteiger partial charge < -0.3 is 5.73 Å². The van der Waals surface area contributed by atoms with Gasteiger partial charge in [-0.15, -0.1) is 12.4 Å².